The average molecular weight is 394 g/mol. The lowest BCUT2D eigenvalue weighted by atomic mass is 10.1. The van der Waals surface area contributed by atoms with Gasteiger partial charge in [-0.25, -0.2) is 10.2 Å². The van der Waals surface area contributed by atoms with Crippen molar-refractivity contribution in [3.63, 3.8) is 0 Å². The average Bonchev–Trinajstić information content (AvgIpc) is 2.72. The summed E-state index contributed by atoms with van der Waals surface area (Å²) in [5.41, 5.74) is 3.95. The Morgan fingerprint density at radius 2 is 1.97 bits per heavy atom. The first-order chi connectivity index (χ1) is 14.1. The third-order valence-corrected chi connectivity index (χ3v) is 4.26. The molecule has 29 heavy (non-hydrogen) atoms. The Morgan fingerprint density at radius 3 is 2.83 bits per heavy atom. The minimum atomic E-state index is -0.432. The fourth-order valence-corrected chi connectivity index (χ4v) is 2.90. The zero-order valence-electron chi connectivity index (χ0n) is 15.6. The summed E-state index contributed by atoms with van der Waals surface area (Å²) in [7, 11) is 0. The van der Waals surface area contributed by atoms with Crippen LogP contribution in [0.5, 0.6) is 17.2 Å². The number of amides is 1. The number of carbonyl (C=O) groups excluding carboxylic acids is 1. The van der Waals surface area contributed by atoms with Gasteiger partial charge in [0.25, 0.3) is 5.91 Å². The minimum absolute atomic E-state index is 0.236. The maximum atomic E-state index is 11.9. The van der Waals surface area contributed by atoms with Crippen molar-refractivity contribution in [3.8, 4) is 17.2 Å². The van der Waals surface area contributed by atoms with E-state index in [-0.39, 0.29) is 6.61 Å². The number of nitrogens with one attached hydrogen (secondary N) is 1. The molecule has 0 atom stereocenters. The van der Waals surface area contributed by atoms with Crippen molar-refractivity contribution in [2.24, 2.45) is 5.10 Å². The van der Waals surface area contributed by atoms with Crippen molar-refractivity contribution < 1.29 is 23.4 Å². The third-order valence-electron chi connectivity index (χ3n) is 4.26. The van der Waals surface area contributed by atoms with Crippen molar-refractivity contribution >= 4 is 23.1 Å². The van der Waals surface area contributed by atoms with Crippen LogP contribution in [0.1, 0.15) is 11.1 Å². The maximum absolute atomic E-state index is 11.9. The van der Waals surface area contributed by atoms with E-state index >= 15 is 0 Å². The van der Waals surface area contributed by atoms with Gasteiger partial charge in [-0.05, 0) is 48.4 Å². The van der Waals surface area contributed by atoms with Crippen LogP contribution in [0.4, 0.5) is 0 Å². The molecule has 1 aliphatic rings. The van der Waals surface area contributed by atoms with E-state index in [9.17, 15) is 9.59 Å². The van der Waals surface area contributed by atoms with Crippen molar-refractivity contribution in [2.75, 3.05) is 19.8 Å². The summed E-state index contributed by atoms with van der Waals surface area (Å²) in [5.74, 6) is 1.32. The molecule has 1 aliphatic heterocycles. The van der Waals surface area contributed by atoms with Crippen LogP contribution in [0.3, 0.4) is 0 Å². The normalized spacial score (nSPS) is 12.9. The smallest absolute Gasteiger partial charge is 0.336 e. The van der Waals surface area contributed by atoms with Crippen LogP contribution in [0.15, 0.2) is 56.8 Å². The highest BCUT2D eigenvalue weighted by Gasteiger charge is 2.11. The van der Waals surface area contributed by atoms with Gasteiger partial charge in [-0.1, -0.05) is 0 Å². The van der Waals surface area contributed by atoms with Gasteiger partial charge in [0.1, 0.15) is 24.5 Å². The molecule has 0 radical (unpaired) electrons. The zero-order valence-corrected chi connectivity index (χ0v) is 15.6. The molecule has 1 N–H and O–H groups in total. The SMILES string of the molecule is Cc1cc(=O)oc2cc(OCC(=O)N/N=C\c3ccc4c(c3)OCCO4)ccc12. The predicted octanol–water partition coefficient (Wildman–Crippen LogP) is 2.40. The topological polar surface area (TPSA) is 99.4 Å². The number of hydrazone groups is 1. The number of aryl methyl sites for hydroxylation is 1. The van der Waals surface area contributed by atoms with Crippen LogP contribution in [0, 0.1) is 6.92 Å². The van der Waals surface area contributed by atoms with Gasteiger partial charge in [0, 0.05) is 17.5 Å². The van der Waals surface area contributed by atoms with Crippen LogP contribution >= 0.6 is 0 Å². The molecule has 8 heteroatoms. The van der Waals surface area contributed by atoms with Gasteiger partial charge in [0.05, 0.1) is 6.21 Å². The molecule has 3 aromatic rings. The van der Waals surface area contributed by atoms with E-state index in [1.807, 2.05) is 13.0 Å². The second kappa shape index (κ2) is 8.05. The van der Waals surface area contributed by atoms with Gasteiger partial charge < -0.3 is 18.6 Å². The van der Waals surface area contributed by atoms with E-state index in [1.165, 1.54) is 12.3 Å². The number of rotatable bonds is 5. The molecule has 148 valence electrons. The molecule has 2 heterocycles. The molecular formula is C21H18N2O6. The molecule has 1 amide bonds. The van der Waals surface area contributed by atoms with E-state index in [0.717, 1.165) is 16.5 Å². The van der Waals surface area contributed by atoms with Gasteiger partial charge in [0.15, 0.2) is 18.1 Å². The van der Waals surface area contributed by atoms with Gasteiger partial charge >= 0.3 is 5.63 Å². The van der Waals surface area contributed by atoms with Crippen molar-refractivity contribution in [3.05, 3.63) is 64.0 Å². The fraction of sp³-hybridized carbons (Fsp3) is 0.190. The van der Waals surface area contributed by atoms with Crippen molar-refractivity contribution in [1.29, 1.82) is 0 Å². The Balaban J connectivity index is 1.34. The Hall–Kier alpha value is -3.81. The van der Waals surface area contributed by atoms with E-state index in [2.05, 4.69) is 10.5 Å². The standard InChI is InChI=1S/C21H18N2O6/c1-13-8-21(25)29-18-10-15(3-4-16(13)18)28-12-20(24)23-22-11-14-2-5-17-19(9-14)27-7-6-26-17/h2-5,8-11H,6-7,12H2,1H3,(H,23,24)/b22-11-. The van der Waals surface area contributed by atoms with E-state index in [4.69, 9.17) is 18.6 Å². The maximum Gasteiger partial charge on any atom is 0.336 e. The number of hydrogen-bond donors (Lipinski definition) is 1. The van der Waals surface area contributed by atoms with E-state index in [0.29, 0.717) is 36.0 Å². The Kier molecular flexibility index (Phi) is 5.15. The van der Waals surface area contributed by atoms with Gasteiger partial charge in [-0.2, -0.15) is 5.10 Å². The second-order valence-corrected chi connectivity index (χ2v) is 6.39. The van der Waals surface area contributed by atoms with Crippen LogP contribution in [0.25, 0.3) is 11.0 Å². The second-order valence-electron chi connectivity index (χ2n) is 6.39. The van der Waals surface area contributed by atoms with Gasteiger partial charge in [0.2, 0.25) is 0 Å². The lowest BCUT2D eigenvalue weighted by molar-refractivity contribution is -0.123. The monoisotopic (exact) mass is 394 g/mol. The quantitative estimate of drug-likeness (QED) is 0.405. The minimum Gasteiger partial charge on any atom is -0.486 e. The number of benzene rings is 2. The summed E-state index contributed by atoms with van der Waals surface area (Å²) in [5, 5.41) is 4.73. The van der Waals surface area contributed by atoms with E-state index in [1.54, 1.807) is 30.3 Å². The number of carbonyl (C=O) groups is 1. The zero-order chi connectivity index (χ0) is 20.2. The van der Waals surface area contributed by atoms with Crippen molar-refractivity contribution in [2.45, 2.75) is 6.92 Å². The molecule has 0 fully saturated rings. The summed E-state index contributed by atoms with van der Waals surface area (Å²) in [6.07, 6.45) is 1.50. The summed E-state index contributed by atoms with van der Waals surface area (Å²) in [6.45, 7) is 2.62. The van der Waals surface area contributed by atoms with E-state index < -0.39 is 11.5 Å². The van der Waals surface area contributed by atoms with Crippen LogP contribution in [0.2, 0.25) is 0 Å². The molecule has 0 aliphatic carbocycles. The molecule has 0 bridgehead atoms. The highest BCUT2D eigenvalue weighted by molar-refractivity contribution is 5.84. The van der Waals surface area contributed by atoms with Crippen LogP contribution < -0.4 is 25.3 Å². The number of nitrogens with zero attached hydrogens (tertiary/aromatic N) is 1. The summed E-state index contributed by atoms with van der Waals surface area (Å²) in [6, 6.07) is 11.9. The Bertz CT molecular complexity index is 1150. The van der Waals surface area contributed by atoms with Gasteiger partial charge in [-0.3, -0.25) is 4.79 Å². The highest BCUT2D eigenvalue weighted by Crippen LogP contribution is 2.30. The summed E-state index contributed by atoms with van der Waals surface area (Å²) < 4.78 is 21.6. The number of fused-ring (bicyclic) bond motifs is 2. The predicted molar refractivity (Wildman–Crippen MR) is 106 cm³/mol. The van der Waals surface area contributed by atoms with Crippen molar-refractivity contribution in [1.82, 2.24) is 5.43 Å². The lowest BCUT2D eigenvalue weighted by Crippen LogP contribution is -2.24. The first-order valence-electron chi connectivity index (χ1n) is 8.97. The molecule has 0 spiro atoms. The molecule has 0 saturated heterocycles. The fourth-order valence-electron chi connectivity index (χ4n) is 2.90. The number of ether oxygens (including phenoxy) is 3. The molecule has 1 aromatic heterocycles. The number of hydrogen-bond acceptors (Lipinski definition) is 7. The molecule has 0 saturated carbocycles. The molecule has 4 rings (SSSR count). The van der Waals surface area contributed by atoms with Gasteiger partial charge in [-0.15, -0.1) is 0 Å². The molecule has 2 aromatic carbocycles. The van der Waals surface area contributed by atoms with Crippen LogP contribution in [-0.2, 0) is 4.79 Å². The Labute approximate surface area is 165 Å². The summed E-state index contributed by atoms with van der Waals surface area (Å²) in [4.78, 5) is 23.4. The molecular weight excluding hydrogens is 376 g/mol. The largest absolute Gasteiger partial charge is 0.486 e. The molecule has 8 nitrogen and oxygen atoms in total. The first-order valence-corrected chi connectivity index (χ1v) is 8.97. The molecule has 0 unspecified atom stereocenters. The summed E-state index contributed by atoms with van der Waals surface area (Å²) >= 11 is 0. The first kappa shape index (κ1) is 18.5. The lowest BCUT2D eigenvalue weighted by Gasteiger charge is -2.18. The Morgan fingerprint density at radius 1 is 1.14 bits per heavy atom. The third kappa shape index (κ3) is 4.37. The van der Waals surface area contributed by atoms with Crippen LogP contribution in [-0.4, -0.2) is 31.9 Å². The highest BCUT2D eigenvalue weighted by atomic mass is 16.6.